The minimum Gasteiger partial charge on any atom is -0.443 e. The molecule has 4 nitrogen and oxygen atoms in total. The Morgan fingerprint density at radius 1 is 1.36 bits per heavy atom. The van der Waals surface area contributed by atoms with Gasteiger partial charge < -0.3 is 4.42 Å². The molecular formula is C7H4N3O. The Bertz CT molecular complexity index is 317. The molecule has 0 bridgehead atoms. The van der Waals surface area contributed by atoms with E-state index < -0.39 is 0 Å². The zero-order valence-corrected chi connectivity index (χ0v) is 5.56. The van der Waals surface area contributed by atoms with Crippen molar-refractivity contribution in [3.63, 3.8) is 0 Å². The molecule has 0 saturated heterocycles. The molecule has 0 spiro atoms. The molecule has 0 aliphatic heterocycles. The standard InChI is InChI=1S/C7H4N3O/c1-2-9-6(5-8-1)7-10-3-4-11-7/h2-5H. The van der Waals surface area contributed by atoms with Gasteiger partial charge in [0.05, 0.1) is 18.6 Å². The highest BCUT2D eigenvalue weighted by Gasteiger charge is 2.01. The number of nitrogens with zero attached hydrogens (tertiary/aromatic N) is 3. The van der Waals surface area contributed by atoms with Gasteiger partial charge in [-0.1, -0.05) is 0 Å². The zero-order chi connectivity index (χ0) is 7.52. The Morgan fingerprint density at radius 3 is 3.00 bits per heavy atom. The van der Waals surface area contributed by atoms with Gasteiger partial charge in [0.15, 0.2) is 0 Å². The lowest BCUT2D eigenvalue weighted by Gasteiger charge is -1.88. The molecule has 0 aliphatic rings. The van der Waals surface area contributed by atoms with Crippen molar-refractivity contribution in [3.8, 4) is 11.6 Å². The van der Waals surface area contributed by atoms with Crippen molar-refractivity contribution in [2.45, 2.75) is 0 Å². The minimum absolute atomic E-state index is 0.478. The highest BCUT2D eigenvalue weighted by molar-refractivity contribution is 5.43. The molecule has 0 saturated carbocycles. The van der Waals surface area contributed by atoms with E-state index in [4.69, 9.17) is 4.42 Å². The maximum absolute atomic E-state index is 4.99. The van der Waals surface area contributed by atoms with E-state index in [2.05, 4.69) is 21.1 Å². The highest BCUT2D eigenvalue weighted by Crippen LogP contribution is 2.10. The molecule has 0 aliphatic carbocycles. The summed E-state index contributed by atoms with van der Waals surface area (Å²) < 4.78 is 4.99. The first kappa shape index (κ1) is 6.03. The van der Waals surface area contributed by atoms with E-state index >= 15 is 0 Å². The summed E-state index contributed by atoms with van der Waals surface area (Å²) in [5, 5.41) is 0. The van der Waals surface area contributed by atoms with Crippen molar-refractivity contribution in [2.24, 2.45) is 0 Å². The molecule has 0 N–H and O–H groups in total. The van der Waals surface area contributed by atoms with Gasteiger partial charge in [-0.3, -0.25) is 4.98 Å². The van der Waals surface area contributed by atoms with E-state index in [1.165, 1.54) is 12.5 Å². The fourth-order valence-corrected chi connectivity index (χ4v) is 0.724. The first-order chi connectivity index (χ1) is 5.47. The molecule has 0 amide bonds. The van der Waals surface area contributed by atoms with Crippen molar-refractivity contribution < 1.29 is 4.42 Å². The summed E-state index contributed by atoms with van der Waals surface area (Å²) in [4.78, 5) is 11.6. The van der Waals surface area contributed by atoms with Gasteiger partial charge in [0.1, 0.15) is 18.2 Å². The molecular weight excluding hydrogens is 142 g/mol. The molecule has 0 unspecified atom stereocenters. The van der Waals surface area contributed by atoms with Gasteiger partial charge in [0.2, 0.25) is 5.89 Å². The van der Waals surface area contributed by atoms with Gasteiger partial charge >= 0.3 is 0 Å². The third kappa shape index (κ3) is 1.10. The van der Waals surface area contributed by atoms with E-state index in [1.54, 1.807) is 12.4 Å². The van der Waals surface area contributed by atoms with Gasteiger partial charge in [-0.25, -0.2) is 9.97 Å². The largest absolute Gasteiger partial charge is 0.443 e. The number of aromatic nitrogens is 3. The van der Waals surface area contributed by atoms with Crippen molar-refractivity contribution >= 4 is 0 Å². The van der Waals surface area contributed by atoms with Crippen LogP contribution >= 0.6 is 0 Å². The van der Waals surface area contributed by atoms with Crippen LogP contribution in [0.15, 0.2) is 29.3 Å². The molecule has 2 aromatic rings. The fourth-order valence-electron chi connectivity index (χ4n) is 0.724. The lowest BCUT2D eigenvalue weighted by molar-refractivity contribution is 0.571. The van der Waals surface area contributed by atoms with Crippen molar-refractivity contribution in [1.29, 1.82) is 0 Å². The minimum atomic E-state index is 0.478. The van der Waals surface area contributed by atoms with Crippen LogP contribution in [0.1, 0.15) is 0 Å². The second-order valence-electron chi connectivity index (χ2n) is 1.87. The van der Waals surface area contributed by atoms with Gasteiger partial charge in [-0.15, -0.1) is 0 Å². The number of oxazole rings is 1. The lowest BCUT2D eigenvalue weighted by atomic mass is 10.4. The smallest absolute Gasteiger partial charge is 0.246 e. The van der Waals surface area contributed by atoms with Crippen molar-refractivity contribution in [3.05, 3.63) is 31.1 Å². The molecule has 1 radical (unpaired) electrons. The summed E-state index contributed by atoms with van der Waals surface area (Å²) in [7, 11) is 0. The molecule has 0 fully saturated rings. The van der Waals surface area contributed by atoms with Crippen molar-refractivity contribution in [1.82, 2.24) is 15.0 Å². The maximum Gasteiger partial charge on any atom is 0.246 e. The van der Waals surface area contributed by atoms with E-state index in [-0.39, 0.29) is 0 Å². The third-order valence-corrected chi connectivity index (χ3v) is 1.17. The lowest BCUT2D eigenvalue weighted by Crippen LogP contribution is -1.82. The topological polar surface area (TPSA) is 51.8 Å². The number of hydrogen-bond acceptors (Lipinski definition) is 4. The Hall–Kier alpha value is -1.71. The summed E-state index contributed by atoms with van der Waals surface area (Å²) in [5.41, 5.74) is 0.619. The summed E-state index contributed by atoms with van der Waals surface area (Å²) in [5.74, 6) is 0.478. The van der Waals surface area contributed by atoms with Crippen LogP contribution in [-0.4, -0.2) is 15.0 Å². The molecule has 2 heterocycles. The Balaban J connectivity index is 2.46. The summed E-state index contributed by atoms with van der Waals surface area (Å²) in [6.07, 6.45) is 8.64. The van der Waals surface area contributed by atoms with Crippen LogP contribution in [0, 0.1) is 6.20 Å². The molecule has 4 heteroatoms. The van der Waals surface area contributed by atoms with Gasteiger partial charge in [-0.05, 0) is 0 Å². The average molecular weight is 146 g/mol. The SMILES string of the molecule is [c]1cnc(-c2ncco2)cn1. The van der Waals surface area contributed by atoms with Gasteiger partial charge in [0, 0.05) is 0 Å². The third-order valence-electron chi connectivity index (χ3n) is 1.17. The Kier molecular flexibility index (Phi) is 1.37. The summed E-state index contributed by atoms with van der Waals surface area (Å²) >= 11 is 0. The normalized spacial score (nSPS) is 9.82. The number of hydrogen-bond donors (Lipinski definition) is 0. The maximum atomic E-state index is 4.99. The average Bonchev–Trinajstić information content (AvgIpc) is 2.58. The molecule has 53 valence electrons. The predicted molar refractivity (Wildman–Crippen MR) is 36.4 cm³/mol. The zero-order valence-electron chi connectivity index (χ0n) is 5.56. The number of rotatable bonds is 1. The van der Waals surface area contributed by atoms with Crippen molar-refractivity contribution in [2.75, 3.05) is 0 Å². The summed E-state index contributed by atoms with van der Waals surface area (Å²) in [6, 6.07) is 0. The van der Waals surface area contributed by atoms with Gasteiger partial charge in [-0.2, -0.15) is 0 Å². The predicted octanol–water partition coefficient (Wildman–Crippen LogP) is 0.932. The van der Waals surface area contributed by atoms with E-state index in [0.29, 0.717) is 11.6 Å². The molecule has 2 aromatic heterocycles. The Labute approximate surface area is 62.9 Å². The quantitative estimate of drug-likeness (QED) is 0.600. The van der Waals surface area contributed by atoms with Crippen LogP contribution in [0.4, 0.5) is 0 Å². The van der Waals surface area contributed by atoms with Gasteiger partial charge in [0.25, 0.3) is 0 Å². The molecule has 0 atom stereocenters. The first-order valence-corrected chi connectivity index (χ1v) is 3.05. The second-order valence-corrected chi connectivity index (χ2v) is 1.87. The van der Waals surface area contributed by atoms with Crippen LogP contribution in [0.3, 0.4) is 0 Å². The van der Waals surface area contributed by atoms with E-state index in [9.17, 15) is 0 Å². The van der Waals surface area contributed by atoms with E-state index in [0.717, 1.165) is 0 Å². The molecule has 0 aromatic carbocycles. The van der Waals surface area contributed by atoms with Crippen LogP contribution in [-0.2, 0) is 0 Å². The van der Waals surface area contributed by atoms with E-state index in [1.807, 2.05) is 0 Å². The summed E-state index contributed by atoms with van der Waals surface area (Å²) in [6.45, 7) is 0. The van der Waals surface area contributed by atoms with Crippen LogP contribution in [0.2, 0.25) is 0 Å². The van der Waals surface area contributed by atoms with Crippen LogP contribution in [0.5, 0.6) is 0 Å². The van der Waals surface area contributed by atoms with Crippen LogP contribution < -0.4 is 0 Å². The Morgan fingerprint density at radius 2 is 2.36 bits per heavy atom. The fraction of sp³-hybridized carbons (Fsp3) is 0. The highest BCUT2D eigenvalue weighted by atomic mass is 16.3. The molecule has 11 heavy (non-hydrogen) atoms. The molecule has 2 rings (SSSR count). The van der Waals surface area contributed by atoms with Crippen LogP contribution in [0.25, 0.3) is 11.6 Å². The monoisotopic (exact) mass is 146 g/mol. The second kappa shape index (κ2) is 2.49. The first-order valence-electron chi connectivity index (χ1n) is 3.05.